The van der Waals surface area contributed by atoms with Gasteiger partial charge >= 0.3 is 5.97 Å². The molecule has 3 N–H and O–H groups in total. The molecule has 5 rings (SSSR count). The highest BCUT2D eigenvalue weighted by Gasteiger charge is 2.41. The van der Waals surface area contributed by atoms with Gasteiger partial charge in [-0.15, -0.1) is 0 Å². The number of rotatable bonds is 8. The number of hydrogen-bond donors (Lipinski definition) is 3. The number of carboxylic acid groups (broad SMARTS) is 1. The Morgan fingerprint density at radius 1 is 1.02 bits per heavy atom. The van der Waals surface area contributed by atoms with E-state index in [2.05, 4.69) is 31.2 Å². The molecule has 2 atom stereocenters. The van der Waals surface area contributed by atoms with Crippen LogP contribution < -0.4 is 10.6 Å². The lowest BCUT2D eigenvalue weighted by molar-refractivity contribution is -0.116. The number of aromatic nitrogens is 2. The topological polar surface area (TPSA) is 99.5 Å². The van der Waals surface area contributed by atoms with Gasteiger partial charge in [0, 0.05) is 41.9 Å². The maximum absolute atomic E-state index is 13.0. The number of hydrogen-bond acceptors (Lipinski definition) is 4. The van der Waals surface area contributed by atoms with Crippen LogP contribution in [0, 0.1) is 20.8 Å². The third-order valence-electron chi connectivity index (χ3n) is 7.34. The molecule has 4 aromatic rings. The molecule has 2 aromatic heterocycles. The Kier molecular flexibility index (Phi) is 7.66. The minimum Gasteiger partial charge on any atom is -0.478 e. The van der Waals surface area contributed by atoms with Crippen LogP contribution in [-0.2, 0) is 4.79 Å². The number of benzene rings is 2. The SMILES string of the molecule is Cc1ccccc1NC(=O)CCN1C(=S)N[C@@H](c2ccccn2)[C@@H]1c1cc(C)n(-c2cccc(C(=O)O)c2)c1C. The molecule has 1 amide bonds. The second-order valence-corrected chi connectivity index (χ2v) is 10.3. The molecule has 1 fully saturated rings. The number of carboxylic acids is 1. The second-order valence-electron chi connectivity index (χ2n) is 9.95. The summed E-state index contributed by atoms with van der Waals surface area (Å²) >= 11 is 5.80. The van der Waals surface area contributed by atoms with Crippen LogP contribution in [0.2, 0.25) is 0 Å². The fraction of sp³-hybridized carbons (Fsp3) is 0.226. The number of nitrogens with zero attached hydrogens (tertiary/aromatic N) is 3. The molecule has 204 valence electrons. The summed E-state index contributed by atoms with van der Waals surface area (Å²) in [7, 11) is 0. The van der Waals surface area contributed by atoms with Crippen molar-refractivity contribution in [1.82, 2.24) is 19.8 Å². The molecular weight excluding hydrogens is 522 g/mol. The summed E-state index contributed by atoms with van der Waals surface area (Å²) in [5.74, 6) is -1.06. The van der Waals surface area contributed by atoms with Crippen molar-refractivity contribution in [2.24, 2.45) is 0 Å². The fourth-order valence-corrected chi connectivity index (χ4v) is 5.73. The van der Waals surface area contributed by atoms with E-state index in [1.54, 1.807) is 24.4 Å². The van der Waals surface area contributed by atoms with Gasteiger partial charge in [-0.1, -0.05) is 30.3 Å². The number of aromatic carboxylic acids is 1. The fourth-order valence-electron chi connectivity index (χ4n) is 5.40. The molecule has 0 radical (unpaired) electrons. The Morgan fingerprint density at radius 2 is 1.80 bits per heavy atom. The minimum atomic E-state index is -0.972. The smallest absolute Gasteiger partial charge is 0.335 e. The molecule has 3 heterocycles. The molecule has 1 saturated heterocycles. The molecule has 0 unspecified atom stereocenters. The molecule has 1 aliphatic heterocycles. The van der Waals surface area contributed by atoms with E-state index in [1.165, 1.54) is 0 Å². The first-order chi connectivity index (χ1) is 19.2. The van der Waals surface area contributed by atoms with Crippen molar-refractivity contribution in [3.8, 4) is 5.69 Å². The quantitative estimate of drug-likeness (QED) is 0.248. The lowest BCUT2D eigenvalue weighted by Crippen LogP contribution is -2.33. The van der Waals surface area contributed by atoms with Gasteiger partial charge in [0.1, 0.15) is 0 Å². The van der Waals surface area contributed by atoms with E-state index in [-0.39, 0.29) is 30.0 Å². The molecule has 1 aliphatic rings. The van der Waals surface area contributed by atoms with Gasteiger partial charge < -0.3 is 25.2 Å². The Balaban J connectivity index is 1.49. The first-order valence-electron chi connectivity index (χ1n) is 13.1. The number of anilines is 1. The summed E-state index contributed by atoms with van der Waals surface area (Å²) in [4.78, 5) is 31.3. The monoisotopic (exact) mass is 553 g/mol. The zero-order valence-corrected chi connectivity index (χ0v) is 23.4. The molecule has 9 heteroatoms. The van der Waals surface area contributed by atoms with Crippen molar-refractivity contribution in [2.45, 2.75) is 39.3 Å². The number of aryl methyl sites for hydroxylation is 2. The molecule has 40 heavy (non-hydrogen) atoms. The minimum absolute atomic E-state index is 0.0897. The van der Waals surface area contributed by atoms with Crippen LogP contribution >= 0.6 is 12.2 Å². The predicted octanol–water partition coefficient (Wildman–Crippen LogP) is 5.50. The Morgan fingerprint density at radius 3 is 2.52 bits per heavy atom. The molecule has 0 spiro atoms. The molecule has 0 aliphatic carbocycles. The van der Waals surface area contributed by atoms with Gasteiger partial charge in [0.05, 0.1) is 23.3 Å². The van der Waals surface area contributed by atoms with Crippen molar-refractivity contribution >= 4 is 34.9 Å². The van der Waals surface area contributed by atoms with E-state index in [0.717, 1.165) is 39.6 Å². The lowest BCUT2D eigenvalue weighted by Gasteiger charge is -2.28. The number of thiocarbonyl (C=S) groups is 1. The molecular formula is C31H31N5O3S. The zero-order chi connectivity index (χ0) is 28.4. The first kappa shape index (κ1) is 27.1. The number of amides is 1. The number of pyridine rings is 1. The van der Waals surface area contributed by atoms with Gasteiger partial charge in [-0.05, 0) is 86.6 Å². The maximum Gasteiger partial charge on any atom is 0.335 e. The number of para-hydroxylation sites is 1. The molecule has 0 bridgehead atoms. The normalized spacial score (nSPS) is 16.6. The Labute approximate surface area is 238 Å². The largest absolute Gasteiger partial charge is 0.478 e. The predicted molar refractivity (Wildman–Crippen MR) is 159 cm³/mol. The molecule has 8 nitrogen and oxygen atoms in total. The molecule has 2 aromatic carbocycles. The van der Waals surface area contributed by atoms with Gasteiger partial charge in [-0.3, -0.25) is 9.78 Å². The van der Waals surface area contributed by atoms with Crippen LogP contribution in [-0.4, -0.2) is 43.1 Å². The van der Waals surface area contributed by atoms with E-state index in [1.807, 2.05) is 69.3 Å². The van der Waals surface area contributed by atoms with Crippen molar-refractivity contribution in [1.29, 1.82) is 0 Å². The average molecular weight is 554 g/mol. The van der Waals surface area contributed by atoms with E-state index in [0.29, 0.717) is 11.7 Å². The van der Waals surface area contributed by atoms with Gasteiger partial charge in [-0.25, -0.2) is 4.79 Å². The summed E-state index contributed by atoms with van der Waals surface area (Å²) in [6, 6.07) is 22.1. The lowest BCUT2D eigenvalue weighted by atomic mass is 9.96. The van der Waals surface area contributed by atoms with Crippen molar-refractivity contribution < 1.29 is 14.7 Å². The van der Waals surface area contributed by atoms with Crippen LogP contribution in [0.3, 0.4) is 0 Å². The van der Waals surface area contributed by atoms with E-state index in [4.69, 9.17) is 12.2 Å². The van der Waals surface area contributed by atoms with E-state index < -0.39 is 5.97 Å². The van der Waals surface area contributed by atoms with Crippen molar-refractivity contribution in [3.63, 3.8) is 0 Å². The van der Waals surface area contributed by atoms with Crippen LogP contribution in [0.5, 0.6) is 0 Å². The second kappa shape index (κ2) is 11.3. The maximum atomic E-state index is 13.0. The third-order valence-corrected chi connectivity index (χ3v) is 7.69. The Bertz CT molecular complexity index is 1580. The zero-order valence-electron chi connectivity index (χ0n) is 22.6. The van der Waals surface area contributed by atoms with Crippen LogP contribution in [0.4, 0.5) is 5.69 Å². The van der Waals surface area contributed by atoms with E-state index in [9.17, 15) is 14.7 Å². The Hall–Kier alpha value is -4.50. The highest BCUT2D eigenvalue weighted by molar-refractivity contribution is 7.80. The summed E-state index contributed by atoms with van der Waals surface area (Å²) in [6.07, 6.45) is 2.01. The third kappa shape index (κ3) is 5.33. The van der Waals surface area contributed by atoms with Gasteiger partial charge in [0.25, 0.3) is 0 Å². The summed E-state index contributed by atoms with van der Waals surface area (Å²) in [5.41, 5.74) is 6.60. The van der Waals surface area contributed by atoms with Crippen LogP contribution in [0.15, 0.2) is 79.0 Å². The van der Waals surface area contributed by atoms with Gasteiger partial charge in [0.15, 0.2) is 5.11 Å². The van der Waals surface area contributed by atoms with Gasteiger partial charge in [0.2, 0.25) is 5.91 Å². The first-order valence-corrected chi connectivity index (χ1v) is 13.5. The van der Waals surface area contributed by atoms with Gasteiger partial charge in [-0.2, -0.15) is 0 Å². The van der Waals surface area contributed by atoms with Crippen molar-refractivity contribution in [2.75, 3.05) is 11.9 Å². The average Bonchev–Trinajstić information content (AvgIpc) is 3.43. The standard InChI is InChI=1S/C31H31N5O3S/c1-19-9-4-5-12-25(19)33-27(37)14-16-35-29(28(34-31(35)40)26-13-6-7-15-32-26)24-17-20(2)36(21(24)3)23-11-8-10-22(18-23)30(38)39/h4-13,15,17-18,28-29H,14,16H2,1-3H3,(H,33,37)(H,34,40)(H,38,39)/t28-,29-/m0/s1. The number of carbonyl (C=O) groups is 2. The summed E-state index contributed by atoms with van der Waals surface area (Å²) < 4.78 is 2.06. The number of nitrogens with one attached hydrogen (secondary N) is 2. The summed E-state index contributed by atoms with van der Waals surface area (Å²) in [6.45, 7) is 6.40. The highest BCUT2D eigenvalue weighted by atomic mass is 32.1. The molecule has 0 saturated carbocycles. The van der Waals surface area contributed by atoms with E-state index >= 15 is 0 Å². The van der Waals surface area contributed by atoms with Crippen LogP contribution in [0.1, 0.15) is 57.1 Å². The highest BCUT2D eigenvalue weighted by Crippen LogP contribution is 2.41. The van der Waals surface area contributed by atoms with Crippen LogP contribution in [0.25, 0.3) is 5.69 Å². The number of carbonyl (C=O) groups excluding carboxylic acids is 1. The summed E-state index contributed by atoms with van der Waals surface area (Å²) in [5, 5.41) is 16.5. The van der Waals surface area contributed by atoms with Crippen molar-refractivity contribution in [3.05, 3.63) is 113 Å².